The second kappa shape index (κ2) is 5.46. The first-order valence-electron chi connectivity index (χ1n) is 6.74. The predicted octanol–water partition coefficient (Wildman–Crippen LogP) is 2.29. The molecule has 1 aromatic heterocycles. The molecule has 0 aliphatic carbocycles. The van der Waals surface area contributed by atoms with Crippen LogP contribution >= 0.6 is 0 Å². The zero-order valence-corrected chi connectivity index (χ0v) is 11.0. The molecule has 2 N–H and O–H groups in total. The van der Waals surface area contributed by atoms with E-state index >= 15 is 0 Å². The van der Waals surface area contributed by atoms with Crippen LogP contribution in [-0.4, -0.2) is 29.0 Å². The topological polar surface area (TPSA) is 93.2 Å². The monoisotopic (exact) mass is 276 g/mol. The summed E-state index contributed by atoms with van der Waals surface area (Å²) in [4.78, 5) is 14.5. The Morgan fingerprint density at radius 3 is 3.15 bits per heavy atom. The molecule has 20 heavy (non-hydrogen) atoms. The van der Waals surface area contributed by atoms with Gasteiger partial charge in [-0.15, -0.1) is 0 Å². The lowest BCUT2D eigenvalue weighted by atomic mass is 10.1. The summed E-state index contributed by atoms with van der Waals surface area (Å²) in [5, 5.41) is 17.3. The number of non-ortho nitro benzene ring substituents is 1. The standard InChI is InChI=1S/C13H16N4O3/c18-17(19)10-4-5-12-11(7-10)16-13(20-12)15-8-9-3-1-2-6-14-9/h4-5,7,9,14H,1-3,6,8H2,(H,15,16)/t9-/m1/s1. The number of hydrogen-bond donors (Lipinski definition) is 2. The zero-order valence-electron chi connectivity index (χ0n) is 11.0. The average molecular weight is 276 g/mol. The summed E-state index contributed by atoms with van der Waals surface area (Å²) in [7, 11) is 0. The van der Waals surface area contributed by atoms with Gasteiger partial charge in [0.15, 0.2) is 5.58 Å². The molecule has 7 nitrogen and oxygen atoms in total. The molecule has 2 aromatic rings. The van der Waals surface area contributed by atoms with Gasteiger partial charge in [0, 0.05) is 24.7 Å². The first-order chi connectivity index (χ1) is 9.72. The fourth-order valence-electron chi connectivity index (χ4n) is 2.41. The van der Waals surface area contributed by atoms with Crippen LogP contribution < -0.4 is 10.6 Å². The summed E-state index contributed by atoms with van der Waals surface area (Å²) >= 11 is 0. The SMILES string of the molecule is O=[N+]([O-])c1ccc2oc(NC[C@H]3CCCCN3)nc2c1. The van der Waals surface area contributed by atoms with Crippen LogP contribution in [0.3, 0.4) is 0 Å². The highest BCUT2D eigenvalue weighted by Gasteiger charge is 2.15. The number of nitrogens with zero attached hydrogens (tertiary/aromatic N) is 2. The van der Waals surface area contributed by atoms with Crippen molar-refractivity contribution in [1.82, 2.24) is 10.3 Å². The van der Waals surface area contributed by atoms with Crippen LogP contribution in [0.4, 0.5) is 11.7 Å². The molecular weight excluding hydrogens is 260 g/mol. The number of nitrogens with one attached hydrogen (secondary N) is 2. The molecule has 1 fully saturated rings. The van der Waals surface area contributed by atoms with Gasteiger partial charge < -0.3 is 15.1 Å². The number of hydrogen-bond acceptors (Lipinski definition) is 6. The van der Waals surface area contributed by atoms with Crippen molar-refractivity contribution in [3.63, 3.8) is 0 Å². The molecule has 0 spiro atoms. The van der Waals surface area contributed by atoms with E-state index in [4.69, 9.17) is 4.42 Å². The summed E-state index contributed by atoms with van der Waals surface area (Å²) in [6.07, 6.45) is 3.60. The van der Waals surface area contributed by atoms with Gasteiger partial charge in [0.2, 0.25) is 0 Å². The highest BCUT2D eigenvalue weighted by atomic mass is 16.6. The maximum atomic E-state index is 10.7. The van der Waals surface area contributed by atoms with Crippen molar-refractivity contribution < 1.29 is 9.34 Å². The fourth-order valence-corrected chi connectivity index (χ4v) is 2.41. The molecule has 0 amide bonds. The van der Waals surface area contributed by atoms with E-state index in [-0.39, 0.29) is 5.69 Å². The molecule has 1 aliphatic heterocycles. The molecule has 1 aliphatic rings. The summed E-state index contributed by atoms with van der Waals surface area (Å²) in [6, 6.07) is 5.24. The van der Waals surface area contributed by atoms with Gasteiger partial charge in [0.1, 0.15) is 5.52 Å². The third-order valence-electron chi connectivity index (χ3n) is 3.49. The van der Waals surface area contributed by atoms with E-state index in [1.54, 1.807) is 6.07 Å². The zero-order chi connectivity index (χ0) is 13.9. The van der Waals surface area contributed by atoms with Gasteiger partial charge in [-0.05, 0) is 25.5 Å². The molecule has 0 radical (unpaired) electrons. The number of benzene rings is 1. The molecular formula is C13H16N4O3. The Bertz CT molecular complexity index is 619. The minimum atomic E-state index is -0.437. The number of nitro benzene ring substituents is 1. The third-order valence-corrected chi connectivity index (χ3v) is 3.49. The van der Waals surface area contributed by atoms with E-state index in [9.17, 15) is 10.1 Å². The Morgan fingerprint density at radius 1 is 1.50 bits per heavy atom. The van der Waals surface area contributed by atoms with Crippen molar-refractivity contribution in [1.29, 1.82) is 0 Å². The van der Waals surface area contributed by atoms with E-state index in [1.165, 1.54) is 25.0 Å². The lowest BCUT2D eigenvalue weighted by Crippen LogP contribution is -2.39. The van der Waals surface area contributed by atoms with Gasteiger partial charge in [-0.3, -0.25) is 10.1 Å². The number of anilines is 1. The van der Waals surface area contributed by atoms with Crippen LogP contribution in [-0.2, 0) is 0 Å². The second-order valence-corrected chi connectivity index (χ2v) is 4.96. The number of piperidine rings is 1. The van der Waals surface area contributed by atoms with Gasteiger partial charge in [-0.1, -0.05) is 6.42 Å². The Balaban J connectivity index is 1.70. The highest BCUT2D eigenvalue weighted by molar-refractivity contribution is 5.77. The van der Waals surface area contributed by atoms with Gasteiger partial charge >= 0.3 is 0 Å². The summed E-state index contributed by atoms with van der Waals surface area (Å²) in [5.41, 5.74) is 1.07. The van der Waals surface area contributed by atoms with E-state index in [1.807, 2.05) is 0 Å². The Hall–Kier alpha value is -2.15. The number of fused-ring (bicyclic) bond motifs is 1. The Kier molecular flexibility index (Phi) is 3.51. The maximum Gasteiger partial charge on any atom is 0.295 e. The van der Waals surface area contributed by atoms with Crippen LogP contribution in [0.1, 0.15) is 19.3 Å². The van der Waals surface area contributed by atoms with Gasteiger partial charge in [0.05, 0.1) is 4.92 Å². The quantitative estimate of drug-likeness (QED) is 0.657. The molecule has 0 bridgehead atoms. The van der Waals surface area contributed by atoms with E-state index in [0.717, 1.165) is 19.5 Å². The van der Waals surface area contributed by atoms with Crippen molar-refractivity contribution in [3.05, 3.63) is 28.3 Å². The lowest BCUT2D eigenvalue weighted by Gasteiger charge is -2.23. The average Bonchev–Trinajstić information content (AvgIpc) is 2.88. The van der Waals surface area contributed by atoms with E-state index < -0.39 is 4.92 Å². The first kappa shape index (κ1) is 12.9. The second-order valence-electron chi connectivity index (χ2n) is 4.96. The number of nitro groups is 1. The first-order valence-corrected chi connectivity index (χ1v) is 6.74. The molecule has 106 valence electrons. The normalized spacial score (nSPS) is 19.1. The van der Waals surface area contributed by atoms with Crippen molar-refractivity contribution in [2.75, 3.05) is 18.4 Å². The molecule has 1 atom stereocenters. The van der Waals surface area contributed by atoms with Gasteiger partial charge in [0.25, 0.3) is 11.7 Å². The fraction of sp³-hybridized carbons (Fsp3) is 0.462. The summed E-state index contributed by atoms with van der Waals surface area (Å²) in [5.74, 6) is 0. The number of oxazole rings is 1. The smallest absolute Gasteiger partial charge is 0.295 e. The molecule has 2 heterocycles. The van der Waals surface area contributed by atoms with Crippen LogP contribution in [0.25, 0.3) is 11.1 Å². The predicted molar refractivity (Wildman–Crippen MR) is 74.8 cm³/mol. The van der Waals surface area contributed by atoms with Gasteiger partial charge in [-0.25, -0.2) is 0 Å². The highest BCUT2D eigenvalue weighted by Crippen LogP contribution is 2.23. The van der Waals surface area contributed by atoms with Crippen LogP contribution in [0.15, 0.2) is 22.6 Å². The van der Waals surface area contributed by atoms with Gasteiger partial charge in [-0.2, -0.15) is 4.98 Å². The maximum absolute atomic E-state index is 10.7. The van der Waals surface area contributed by atoms with Crippen molar-refractivity contribution in [2.45, 2.75) is 25.3 Å². The molecule has 7 heteroatoms. The third kappa shape index (κ3) is 2.72. The van der Waals surface area contributed by atoms with Crippen molar-refractivity contribution in [3.8, 4) is 0 Å². The Morgan fingerprint density at radius 2 is 2.40 bits per heavy atom. The van der Waals surface area contributed by atoms with E-state index in [0.29, 0.717) is 23.2 Å². The summed E-state index contributed by atoms with van der Waals surface area (Å²) in [6.45, 7) is 1.79. The minimum Gasteiger partial charge on any atom is -0.424 e. The molecule has 0 saturated carbocycles. The summed E-state index contributed by atoms with van der Waals surface area (Å²) < 4.78 is 5.52. The van der Waals surface area contributed by atoms with Crippen LogP contribution in [0.5, 0.6) is 0 Å². The number of rotatable bonds is 4. The Labute approximate surface area is 115 Å². The van der Waals surface area contributed by atoms with Crippen molar-refractivity contribution in [2.24, 2.45) is 0 Å². The van der Waals surface area contributed by atoms with E-state index in [2.05, 4.69) is 15.6 Å². The molecule has 1 saturated heterocycles. The number of aromatic nitrogens is 1. The lowest BCUT2D eigenvalue weighted by molar-refractivity contribution is -0.384. The van der Waals surface area contributed by atoms with Crippen LogP contribution in [0.2, 0.25) is 0 Å². The minimum absolute atomic E-state index is 0.0197. The molecule has 0 unspecified atom stereocenters. The van der Waals surface area contributed by atoms with Crippen molar-refractivity contribution >= 4 is 22.8 Å². The van der Waals surface area contributed by atoms with Crippen LogP contribution in [0, 0.1) is 10.1 Å². The molecule has 3 rings (SSSR count). The largest absolute Gasteiger partial charge is 0.424 e. The molecule has 1 aromatic carbocycles.